The van der Waals surface area contributed by atoms with E-state index in [1.54, 1.807) is 13.2 Å². The maximum Gasteiger partial charge on any atom is 0.244 e. The van der Waals surface area contributed by atoms with Gasteiger partial charge in [-0.1, -0.05) is 12.1 Å². The molecule has 1 heterocycles. The summed E-state index contributed by atoms with van der Waals surface area (Å²) in [4.78, 5) is 15.9. The summed E-state index contributed by atoms with van der Waals surface area (Å²) in [6.07, 6.45) is 3.20. The molecule has 2 rings (SSSR count). The lowest BCUT2D eigenvalue weighted by atomic mass is 10.2. The first kappa shape index (κ1) is 14.8. The summed E-state index contributed by atoms with van der Waals surface area (Å²) < 4.78 is 10.5. The van der Waals surface area contributed by atoms with Crippen LogP contribution in [0.1, 0.15) is 22.9 Å². The molecule has 0 unspecified atom stereocenters. The number of oxazole rings is 1. The van der Waals surface area contributed by atoms with E-state index in [9.17, 15) is 4.79 Å². The highest BCUT2D eigenvalue weighted by atomic mass is 16.5. The molecule has 1 aromatic carbocycles. The first-order valence-corrected chi connectivity index (χ1v) is 6.61. The largest absolute Gasteiger partial charge is 0.497 e. The third kappa shape index (κ3) is 4.21. The predicted molar refractivity (Wildman–Crippen MR) is 79.9 cm³/mol. The number of amides is 1. The fourth-order valence-electron chi connectivity index (χ4n) is 1.75. The summed E-state index contributed by atoms with van der Waals surface area (Å²) in [5, 5.41) is 2.73. The van der Waals surface area contributed by atoms with Crippen molar-refractivity contribution in [1.82, 2.24) is 10.3 Å². The van der Waals surface area contributed by atoms with Crippen molar-refractivity contribution in [2.45, 2.75) is 20.4 Å². The third-order valence-corrected chi connectivity index (χ3v) is 3.01. The van der Waals surface area contributed by atoms with E-state index >= 15 is 0 Å². The van der Waals surface area contributed by atoms with Gasteiger partial charge in [0.1, 0.15) is 11.5 Å². The second-order valence-electron chi connectivity index (χ2n) is 4.58. The molecular weight excluding hydrogens is 268 g/mol. The van der Waals surface area contributed by atoms with E-state index in [0.29, 0.717) is 5.89 Å². The Bertz CT molecular complexity index is 640. The van der Waals surface area contributed by atoms with Crippen molar-refractivity contribution < 1.29 is 13.9 Å². The average Bonchev–Trinajstić information content (AvgIpc) is 2.82. The zero-order chi connectivity index (χ0) is 15.2. The van der Waals surface area contributed by atoms with Gasteiger partial charge < -0.3 is 14.5 Å². The van der Waals surface area contributed by atoms with Gasteiger partial charge in [-0.25, -0.2) is 4.98 Å². The molecule has 2 aromatic rings. The minimum atomic E-state index is -0.202. The first-order valence-electron chi connectivity index (χ1n) is 6.61. The van der Waals surface area contributed by atoms with Gasteiger partial charge in [-0.15, -0.1) is 0 Å². The Morgan fingerprint density at radius 2 is 2.24 bits per heavy atom. The smallest absolute Gasteiger partial charge is 0.244 e. The van der Waals surface area contributed by atoms with Crippen LogP contribution in [0, 0.1) is 13.8 Å². The number of methoxy groups -OCH3 is 1. The van der Waals surface area contributed by atoms with Crippen LogP contribution in [0.15, 0.2) is 34.8 Å². The van der Waals surface area contributed by atoms with Gasteiger partial charge in [-0.05, 0) is 37.6 Å². The average molecular weight is 286 g/mol. The van der Waals surface area contributed by atoms with Crippen LogP contribution in [0.4, 0.5) is 0 Å². The fraction of sp³-hybridized carbons (Fsp3) is 0.250. The third-order valence-electron chi connectivity index (χ3n) is 3.01. The van der Waals surface area contributed by atoms with E-state index in [0.717, 1.165) is 22.8 Å². The van der Waals surface area contributed by atoms with E-state index in [-0.39, 0.29) is 12.5 Å². The lowest BCUT2D eigenvalue weighted by Crippen LogP contribution is -2.20. The Balaban J connectivity index is 1.90. The lowest BCUT2D eigenvalue weighted by molar-refractivity contribution is -0.116. The SMILES string of the molecule is COc1cccc(/C=C/C(=O)NCc2nc(C)c(C)o2)c1. The van der Waals surface area contributed by atoms with E-state index in [4.69, 9.17) is 9.15 Å². The number of rotatable bonds is 5. The molecule has 1 N–H and O–H groups in total. The van der Waals surface area contributed by atoms with Crippen LogP contribution in [0.3, 0.4) is 0 Å². The number of aromatic nitrogens is 1. The lowest BCUT2D eigenvalue weighted by Gasteiger charge is -2.00. The summed E-state index contributed by atoms with van der Waals surface area (Å²) in [6, 6.07) is 7.47. The van der Waals surface area contributed by atoms with Crippen molar-refractivity contribution in [3.05, 3.63) is 53.2 Å². The summed E-state index contributed by atoms with van der Waals surface area (Å²) >= 11 is 0. The van der Waals surface area contributed by atoms with Crippen LogP contribution in [0.2, 0.25) is 0 Å². The second-order valence-corrected chi connectivity index (χ2v) is 4.58. The Morgan fingerprint density at radius 3 is 2.90 bits per heavy atom. The van der Waals surface area contributed by atoms with Gasteiger partial charge in [0.25, 0.3) is 0 Å². The highest BCUT2D eigenvalue weighted by Gasteiger charge is 2.05. The van der Waals surface area contributed by atoms with Gasteiger partial charge in [0.2, 0.25) is 11.8 Å². The molecule has 110 valence electrons. The molecule has 0 radical (unpaired) electrons. The molecule has 21 heavy (non-hydrogen) atoms. The standard InChI is InChI=1S/C16H18N2O3/c1-11-12(2)21-16(18-11)10-17-15(19)8-7-13-5-4-6-14(9-13)20-3/h4-9H,10H2,1-3H3,(H,17,19)/b8-7+. The Hall–Kier alpha value is -2.56. The molecule has 0 aliphatic carbocycles. The Kier molecular flexibility index (Phi) is 4.77. The molecule has 0 aliphatic rings. The molecule has 5 heteroatoms. The second kappa shape index (κ2) is 6.74. The number of benzene rings is 1. The van der Waals surface area contributed by atoms with Gasteiger partial charge >= 0.3 is 0 Å². The Labute approximate surface area is 123 Å². The number of hydrogen-bond donors (Lipinski definition) is 1. The van der Waals surface area contributed by atoms with Gasteiger partial charge in [-0.2, -0.15) is 0 Å². The number of nitrogens with one attached hydrogen (secondary N) is 1. The van der Waals surface area contributed by atoms with Gasteiger partial charge in [0.05, 0.1) is 19.3 Å². The Morgan fingerprint density at radius 1 is 1.43 bits per heavy atom. The van der Waals surface area contributed by atoms with E-state index in [1.165, 1.54) is 6.08 Å². The van der Waals surface area contributed by atoms with Gasteiger partial charge in [0, 0.05) is 6.08 Å². The number of carbonyl (C=O) groups is 1. The fourth-order valence-corrected chi connectivity index (χ4v) is 1.75. The van der Waals surface area contributed by atoms with Crippen LogP contribution in [0.5, 0.6) is 5.75 Å². The molecular formula is C16H18N2O3. The van der Waals surface area contributed by atoms with E-state index in [1.807, 2.05) is 38.1 Å². The highest BCUT2D eigenvalue weighted by molar-refractivity contribution is 5.91. The summed E-state index contributed by atoms with van der Waals surface area (Å²) in [7, 11) is 1.61. The van der Waals surface area contributed by atoms with Gasteiger partial charge in [-0.3, -0.25) is 4.79 Å². The summed E-state index contributed by atoms with van der Waals surface area (Å²) in [6.45, 7) is 3.99. The van der Waals surface area contributed by atoms with Crippen molar-refractivity contribution in [2.75, 3.05) is 7.11 Å². The normalized spacial score (nSPS) is 10.8. The number of ether oxygens (including phenoxy) is 1. The molecule has 0 spiro atoms. The minimum Gasteiger partial charge on any atom is -0.497 e. The van der Waals surface area contributed by atoms with Crippen molar-refractivity contribution >= 4 is 12.0 Å². The topological polar surface area (TPSA) is 64.4 Å². The molecule has 0 bridgehead atoms. The van der Waals surface area contributed by atoms with E-state index < -0.39 is 0 Å². The monoisotopic (exact) mass is 286 g/mol. The quantitative estimate of drug-likeness (QED) is 0.858. The number of carbonyl (C=O) groups excluding carboxylic acids is 1. The van der Waals surface area contributed by atoms with Crippen LogP contribution in [-0.4, -0.2) is 18.0 Å². The molecule has 5 nitrogen and oxygen atoms in total. The zero-order valence-corrected chi connectivity index (χ0v) is 12.3. The molecule has 1 aromatic heterocycles. The van der Waals surface area contributed by atoms with Crippen LogP contribution in [-0.2, 0) is 11.3 Å². The number of nitrogens with zero attached hydrogens (tertiary/aromatic N) is 1. The number of hydrogen-bond acceptors (Lipinski definition) is 4. The zero-order valence-electron chi connectivity index (χ0n) is 12.3. The molecule has 1 amide bonds. The highest BCUT2D eigenvalue weighted by Crippen LogP contribution is 2.13. The molecule has 0 atom stereocenters. The predicted octanol–water partition coefficient (Wildman–Crippen LogP) is 2.63. The van der Waals surface area contributed by atoms with Crippen molar-refractivity contribution in [3.8, 4) is 5.75 Å². The molecule has 0 saturated heterocycles. The molecule has 0 fully saturated rings. The summed E-state index contributed by atoms with van der Waals surface area (Å²) in [5.41, 5.74) is 1.73. The summed E-state index contributed by atoms with van der Waals surface area (Å²) in [5.74, 6) is 1.83. The molecule has 0 aliphatic heterocycles. The van der Waals surface area contributed by atoms with Crippen LogP contribution >= 0.6 is 0 Å². The van der Waals surface area contributed by atoms with Crippen molar-refractivity contribution in [1.29, 1.82) is 0 Å². The van der Waals surface area contributed by atoms with E-state index in [2.05, 4.69) is 10.3 Å². The maximum absolute atomic E-state index is 11.7. The van der Waals surface area contributed by atoms with Crippen molar-refractivity contribution in [3.63, 3.8) is 0 Å². The van der Waals surface area contributed by atoms with Crippen LogP contribution < -0.4 is 10.1 Å². The van der Waals surface area contributed by atoms with Crippen LogP contribution in [0.25, 0.3) is 6.08 Å². The molecule has 0 saturated carbocycles. The first-order chi connectivity index (χ1) is 10.1. The maximum atomic E-state index is 11.7. The van der Waals surface area contributed by atoms with Crippen molar-refractivity contribution in [2.24, 2.45) is 0 Å². The van der Waals surface area contributed by atoms with Gasteiger partial charge in [0.15, 0.2) is 0 Å². The number of aryl methyl sites for hydroxylation is 2. The minimum absolute atomic E-state index is 0.202.